The quantitative estimate of drug-likeness (QED) is 0.283. The van der Waals surface area contributed by atoms with Gasteiger partial charge in [0.25, 0.3) is 5.91 Å². The molecule has 2 aromatic carbocycles. The Morgan fingerprint density at radius 3 is 2.54 bits per heavy atom. The molecule has 0 saturated heterocycles. The Kier molecular flexibility index (Phi) is 8.79. The third-order valence-electron chi connectivity index (χ3n) is 6.35. The van der Waals surface area contributed by atoms with Crippen LogP contribution < -0.4 is 10.7 Å². The zero-order chi connectivity index (χ0) is 26.5. The fourth-order valence-electron chi connectivity index (χ4n) is 4.37. The van der Waals surface area contributed by atoms with Crippen molar-refractivity contribution in [1.82, 2.24) is 14.8 Å². The summed E-state index contributed by atoms with van der Waals surface area (Å²) in [6, 6.07) is 16.6. The van der Waals surface area contributed by atoms with E-state index in [2.05, 4.69) is 5.32 Å². The molecule has 2 heterocycles. The van der Waals surface area contributed by atoms with Gasteiger partial charge in [-0.1, -0.05) is 54.1 Å². The normalized spacial score (nSPS) is 12.3. The van der Waals surface area contributed by atoms with Crippen LogP contribution in [0.1, 0.15) is 38.0 Å². The van der Waals surface area contributed by atoms with Crippen molar-refractivity contribution in [3.05, 3.63) is 103 Å². The number of carbonyl (C=O) groups is 1. The molecule has 0 radical (unpaired) electrons. The lowest BCUT2D eigenvalue weighted by Crippen LogP contribution is -2.31. The van der Waals surface area contributed by atoms with Crippen molar-refractivity contribution in [2.45, 2.75) is 26.1 Å². The third kappa shape index (κ3) is 6.29. The minimum Gasteiger partial charge on any atom is -0.395 e. The van der Waals surface area contributed by atoms with Crippen molar-refractivity contribution >= 4 is 39.1 Å². The summed E-state index contributed by atoms with van der Waals surface area (Å²) >= 11 is 7.28. The summed E-state index contributed by atoms with van der Waals surface area (Å²) in [5.41, 5.74) is 3.20. The number of nitrogens with zero attached hydrogens (tertiary/aromatic N) is 2. The molecule has 0 spiro atoms. The number of benzene rings is 2. The number of aliphatic hydroxyl groups excluding tert-OH is 2. The van der Waals surface area contributed by atoms with Gasteiger partial charge in [-0.3, -0.25) is 14.5 Å². The minimum atomic E-state index is -0.704. The second kappa shape index (κ2) is 12.0. The molecule has 0 aliphatic carbocycles. The van der Waals surface area contributed by atoms with Crippen LogP contribution in [0, 0.1) is 6.92 Å². The summed E-state index contributed by atoms with van der Waals surface area (Å²) in [6.45, 7) is 3.38. The monoisotopic (exact) mass is 539 g/mol. The SMILES string of the molecule is Cc1c(CN(CCO)CC(O)c2ccccc2)sc2c(=O)c(C(=O)NCc3ccc(Cl)cc3)cn(C)c12. The fraction of sp³-hybridized carbons (Fsp3) is 0.286. The van der Waals surface area contributed by atoms with Gasteiger partial charge < -0.3 is 20.1 Å². The van der Waals surface area contributed by atoms with Gasteiger partial charge >= 0.3 is 0 Å². The number of rotatable bonds is 10. The highest BCUT2D eigenvalue weighted by atomic mass is 35.5. The van der Waals surface area contributed by atoms with Crippen molar-refractivity contribution < 1.29 is 15.0 Å². The molecule has 9 heteroatoms. The zero-order valence-electron chi connectivity index (χ0n) is 20.8. The lowest BCUT2D eigenvalue weighted by molar-refractivity contribution is 0.0947. The molecular formula is C28H30ClN3O4S. The van der Waals surface area contributed by atoms with Gasteiger partial charge in [0.05, 0.1) is 22.9 Å². The van der Waals surface area contributed by atoms with Gasteiger partial charge in [0.2, 0.25) is 5.43 Å². The number of hydrogen-bond donors (Lipinski definition) is 3. The molecule has 0 aliphatic rings. The van der Waals surface area contributed by atoms with E-state index in [1.54, 1.807) is 18.3 Å². The summed E-state index contributed by atoms with van der Waals surface area (Å²) in [5, 5.41) is 23.8. The van der Waals surface area contributed by atoms with Crippen molar-refractivity contribution in [3.63, 3.8) is 0 Å². The lowest BCUT2D eigenvalue weighted by Gasteiger charge is -2.24. The number of aromatic nitrogens is 1. The van der Waals surface area contributed by atoms with Gasteiger partial charge in [-0.2, -0.15) is 0 Å². The van der Waals surface area contributed by atoms with Gasteiger partial charge in [-0.15, -0.1) is 11.3 Å². The first-order valence-corrected chi connectivity index (χ1v) is 13.2. The van der Waals surface area contributed by atoms with Crippen molar-refractivity contribution in [2.75, 3.05) is 19.7 Å². The van der Waals surface area contributed by atoms with Crippen molar-refractivity contribution in [2.24, 2.45) is 7.05 Å². The van der Waals surface area contributed by atoms with Crippen LogP contribution in [-0.4, -0.2) is 45.3 Å². The van der Waals surface area contributed by atoms with Crippen LogP contribution in [0.4, 0.5) is 0 Å². The number of thiophene rings is 1. The molecule has 0 saturated carbocycles. The van der Waals surface area contributed by atoms with Crippen LogP contribution in [0.5, 0.6) is 0 Å². The van der Waals surface area contributed by atoms with Gasteiger partial charge in [-0.25, -0.2) is 0 Å². The molecular weight excluding hydrogens is 510 g/mol. The molecule has 0 fully saturated rings. The smallest absolute Gasteiger partial charge is 0.257 e. The second-order valence-electron chi connectivity index (χ2n) is 9.01. The number of pyridine rings is 1. The first-order chi connectivity index (χ1) is 17.8. The molecule has 1 atom stereocenters. The van der Waals surface area contributed by atoms with Gasteiger partial charge in [0, 0.05) is 49.3 Å². The van der Waals surface area contributed by atoms with Crippen LogP contribution in [0.3, 0.4) is 0 Å². The van der Waals surface area contributed by atoms with E-state index < -0.39 is 12.0 Å². The molecule has 4 rings (SSSR count). The maximum atomic E-state index is 13.3. The Morgan fingerprint density at radius 2 is 1.86 bits per heavy atom. The molecule has 4 aromatic rings. The Labute approximate surface area is 224 Å². The molecule has 0 bridgehead atoms. The van der Waals surface area contributed by atoms with E-state index >= 15 is 0 Å². The average Bonchev–Trinajstić information content (AvgIpc) is 3.22. The summed E-state index contributed by atoms with van der Waals surface area (Å²) in [7, 11) is 1.83. The zero-order valence-corrected chi connectivity index (χ0v) is 22.4. The number of aryl methyl sites for hydroxylation is 2. The van der Waals surface area contributed by atoms with E-state index in [4.69, 9.17) is 11.6 Å². The van der Waals surface area contributed by atoms with Crippen molar-refractivity contribution in [3.8, 4) is 0 Å². The molecule has 1 amide bonds. The summed E-state index contributed by atoms with van der Waals surface area (Å²) in [6.07, 6.45) is 0.875. The Morgan fingerprint density at radius 1 is 1.16 bits per heavy atom. The molecule has 3 N–H and O–H groups in total. The first kappa shape index (κ1) is 27.0. The Bertz CT molecular complexity index is 1430. The number of amides is 1. The van der Waals surface area contributed by atoms with Crippen molar-refractivity contribution in [1.29, 1.82) is 0 Å². The molecule has 194 valence electrons. The number of nitrogens with one attached hydrogen (secondary N) is 1. The fourth-order valence-corrected chi connectivity index (χ4v) is 5.83. The van der Waals surface area contributed by atoms with E-state index in [0.29, 0.717) is 29.4 Å². The number of halogens is 1. The summed E-state index contributed by atoms with van der Waals surface area (Å²) in [4.78, 5) is 29.2. The van der Waals surface area contributed by atoms with E-state index in [9.17, 15) is 19.8 Å². The second-order valence-corrected chi connectivity index (χ2v) is 10.5. The summed E-state index contributed by atoms with van der Waals surface area (Å²) < 4.78 is 2.33. The van der Waals surface area contributed by atoms with E-state index in [1.165, 1.54) is 11.3 Å². The largest absolute Gasteiger partial charge is 0.395 e. The maximum absolute atomic E-state index is 13.3. The molecule has 0 aliphatic heterocycles. The average molecular weight is 540 g/mol. The minimum absolute atomic E-state index is 0.0516. The summed E-state index contributed by atoms with van der Waals surface area (Å²) in [5.74, 6) is -0.432. The number of carbonyl (C=O) groups excluding carboxylic acids is 1. The third-order valence-corrected chi connectivity index (χ3v) is 7.87. The van der Waals surface area contributed by atoms with Crippen LogP contribution in [-0.2, 0) is 20.1 Å². The first-order valence-electron chi connectivity index (χ1n) is 12.0. The highest BCUT2D eigenvalue weighted by Crippen LogP contribution is 2.30. The van der Waals surface area contributed by atoms with Crippen LogP contribution >= 0.6 is 22.9 Å². The van der Waals surface area contributed by atoms with E-state index in [-0.39, 0.29) is 24.1 Å². The van der Waals surface area contributed by atoms with E-state index in [1.807, 2.05) is 65.9 Å². The predicted molar refractivity (Wildman–Crippen MR) is 148 cm³/mol. The predicted octanol–water partition coefficient (Wildman–Crippen LogP) is 4.02. The highest BCUT2D eigenvalue weighted by molar-refractivity contribution is 7.19. The molecule has 1 unspecified atom stereocenters. The Balaban J connectivity index is 1.57. The van der Waals surface area contributed by atoms with Gasteiger partial charge in [0.15, 0.2) is 0 Å². The topological polar surface area (TPSA) is 94.8 Å². The van der Waals surface area contributed by atoms with Crippen LogP contribution in [0.2, 0.25) is 5.02 Å². The number of fused-ring (bicyclic) bond motifs is 1. The maximum Gasteiger partial charge on any atom is 0.257 e. The van der Waals surface area contributed by atoms with Gasteiger partial charge in [-0.05, 0) is 35.7 Å². The van der Waals surface area contributed by atoms with E-state index in [0.717, 1.165) is 27.1 Å². The number of hydrogen-bond acceptors (Lipinski definition) is 6. The lowest BCUT2D eigenvalue weighted by atomic mass is 10.1. The Hall–Kier alpha value is -3.01. The highest BCUT2D eigenvalue weighted by Gasteiger charge is 2.22. The standard InChI is InChI=1S/C28H30ClN3O4S/c1-18-24(17-32(12-13-33)16-23(34)20-6-4-3-5-7-20)37-27-25(18)31(2)15-22(26(27)35)28(36)30-14-19-8-10-21(29)11-9-19/h3-11,15,23,33-34H,12-14,16-17H2,1-2H3,(H,30,36). The number of aliphatic hydroxyl groups is 2. The molecule has 37 heavy (non-hydrogen) atoms. The molecule has 7 nitrogen and oxygen atoms in total. The molecule has 2 aromatic heterocycles. The van der Waals surface area contributed by atoms with Crippen LogP contribution in [0.15, 0.2) is 65.6 Å². The van der Waals surface area contributed by atoms with Gasteiger partial charge in [0.1, 0.15) is 5.56 Å². The van der Waals surface area contributed by atoms with Crippen LogP contribution in [0.25, 0.3) is 10.2 Å².